The third-order valence-corrected chi connectivity index (χ3v) is 3.92. The average Bonchev–Trinajstić information content (AvgIpc) is 2.64. The van der Waals surface area contributed by atoms with Gasteiger partial charge in [-0.15, -0.1) is 0 Å². The maximum atomic E-state index is 10.2. The molecule has 0 bridgehead atoms. The molecular weight excluding hydrogens is 294 g/mol. The van der Waals surface area contributed by atoms with Crippen LogP contribution in [0.1, 0.15) is 22.7 Å². The van der Waals surface area contributed by atoms with Gasteiger partial charge < -0.3 is 10.4 Å². The van der Waals surface area contributed by atoms with Gasteiger partial charge in [0.1, 0.15) is 5.75 Å². The van der Waals surface area contributed by atoms with Gasteiger partial charge in [0.2, 0.25) is 0 Å². The van der Waals surface area contributed by atoms with E-state index in [4.69, 9.17) is 0 Å². The quantitative estimate of drug-likeness (QED) is 0.675. The van der Waals surface area contributed by atoms with Crippen molar-refractivity contribution in [1.82, 2.24) is 5.32 Å². The number of phenols is 1. The minimum atomic E-state index is -0.0633. The maximum Gasteiger partial charge on any atom is 0.120 e. The molecule has 0 aliphatic rings. The van der Waals surface area contributed by atoms with Crippen LogP contribution in [0, 0.1) is 0 Å². The first-order valence-electron chi connectivity index (χ1n) is 8.11. The number of aromatic hydroxyl groups is 1. The van der Waals surface area contributed by atoms with Crippen LogP contribution >= 0.6 is 0 Å². The second-order valence-corrected chi connectivity index (χ2v) is 5.67. The van der Waals surface area contributed by atoms with Gasteiger partial charge in [0.25, 0.3) is 0 Å². The molecule has 24 heavy (non-hydrogen) atoms. The van der Waals surface area contributed by atoms with Gasteiger partial charge in [-0.3, -0.25) is 0 Å². The first-order chi connectivity index (χ1) is 11.8. The minimum Gasteiger partial charge on any atom is -0.508 e. The number of hydrogen-bond acceptors (Lipinski definition) is 2. The van der Waals surface area contributed by atoms with E-state index in [1.807, 2.05) is 54.6 Å². The van der Waals surface area contributed by atoms with Crippen LogP contribution in [0.2, 0.25) is 0 Å². The zero-order chi connectivity index (χ0) is 16.6. The molecule has 0 saturated heterocycles. The number of rotatable bonds is 6. The Morgan fingerprint density at radius 1 is 0.792 bits per heavy atom. The highest BCUT2D eigenvalue weighted by molar-refractivity contribution is 5.51. The summed E-state index contributed by atoms with van der Waals surface area (Å²) in [5.74, 6) is 0.306. The number of benzene rings is 3. The van der Waals surface area contributed by atoms with Crippen LogP contribution in [0.25, 0.3) is 6.08 Å². The number of para-hydroxylation sites is 1. The van der Waals surface area contributed by atoms with E-state index < -0.39 is 0 Å². The summed E-state index contributed by atoms with van der Waals surface area (Å²) in [4.78, 5) is 0. The van der Waals surface area contributed by atoms with Gasteiger partial charge in [0, 0.05) is 12.1 Å². The Kier molecular flexibility index (Phi) is 5.44. The average molecular weight is 315 g/mol. The van der Waals surface area contributed by atoms with E-state index in [1.165, 1.54) is 5.56 Å². The highest BCUT2D eigenvalue weighted by Gasteiger charge is 2.11. The van der Waals surface area contributed by atoms with E-state index in [1.54, 1.807) is 6.07 Å². The molecule has 120 valence electrons. The van der Waals surface area contributed by atoms with E-state index in [9.17, 15) is 5.11 Å². The predicted octanol–water partition coefficient (Wildman–Crippen LogP) is 4.94. The molecule has 3 aromatic carbocycles. The summed E-state index contributed by atoms with van der Waals surface area (Å²) in [6.07, 6.45) is 4.17. The minimum absolute atomic E-state index is 0.0633. The summed E-state index contributed by atoms with van der Waals surface area (Å²) < 4.78 is 0. The van der Waals surface area contributed by atoms with Crippen LogP contribution in [0.3, 0.4) is 0 Å². The molecule has 3 aromatic rings. The molecule has 0 fully saturated rings. The van der Waals surface area contributed by atoms with Crippen molar-refractivity contribution >= 4 is 6.08 Å². The van der Waals surface area contributed by atoms with Gasteiger partial charge in [0.05, 0.1) is 6.04 Å². The predicted molar refractivity (Wildman–Crippen MR) is 99.6 cm³/mol. The lowest BCUT2D eigenvalue weighted by atomic mass is 10.0. The van der Waals surface area contributed by atoms with Crippen molar-refractivity contribution in [2.24, 2.45) is 0 Å². The topological polar surface area (TPSA) is 32.3 Å². The van der Waals surface area contributed by atoms with Crippen LogP contribution in [0.15, 0.2) is 91.0 Å². The fourth-order valence-electron chi connectivity index (χ4n) is 2.63. The Morgan fingerprint density at radius 2 is 1.42 bits per heavy atom. The van der Waals surface area contributed by atoms with Crippen molar-refractivity contribution in [3.05, 3.63) is 108 Å². The summed E-state index contributed by atoms with van der Waals surface area (Å²) in [5.41, 5.74) is 3.23. The zero-order valence-electron chi connectivity index (χ0n) is 13.5. The third-order valence-electron chi connectivity index (χ3n) is 3.92. The summed E-state index contributed by atoms with van der Waals surface area (Å²) in [5, 5.41) is 13.7. The van der Waals surface area contributed by atoms with E-state index in [0.717, 1.165) is 17.7 Å². The number of phenolic OH excluding ortho intramolecular Hbond substituents is 1. The molecule has 2 nitrogen and oxygen atoms in total. The summed E-state index contributed by atoms with van der Waals surface area (Å²) in [6.45, 7) is 0.735. The maximum absolute atomic E-state index is 10.2. The second-order valence-electron chi connectivity index (χ2n) is 5.67. The number of nitrogens with one attached hydrogen (secondary N) is 1. The van der Waals surface area contributed by atoms with Crippen LogP contribution in [0.5, 0.6) is 5.75 Å². The van der Waals surface area contributed by atoms with Crippen molar-refractivity contribution < 1.29 is 5.11 Å². The largest absolute Gasteiger partial charge is 0.508 e. The van der Waals surface area contributed by atoms with Crippen molar-refractivity contribution in [3.8, 4) is 5.75 Å². The van der Waals surface area contributed by atoms with E-state index >= 15 is 0 Å². The van der Waals surface area contributed by atoms with Crippen molar-refractivity contribution in [2.75, 3.05) is 0 Å². The standard InChI is InChI=1S/C22H21NO/c24-22-14-8-7-13-20(22)21(16-15-18-9-3-1-4-10-18)23-17-19-11-5-2-6-12-19/h1-16,21,23-24H,17H2/b16-15+. The highest BCUT2D eigenvalue weighted by atomic mass is 16.3. The molecule has 1 unspecified atom stereocenters. The van der Waals surface area contributed by atoms with Gasteiger partial charge >= 0.3 is 0 Å². The van der Waals surface area contributed by atoms with E-state index in [0.29, 0.717) is 5.75 Å². The highest BCUT2D eigenvalue weighted by Crippen LogP contribution is 2.25. The lowest BCUT2D eigenvalue weighted by Crippen LogP contribution is -2.19. The molecule has 0 saturated carbocycles. The van der Waals surface area contributed by atoms with Crippen LogP contribution < -0.4 is 5.32 Å². The Labute approximate surface area is 143 Å². The molecule has 0 heterocycles. The van der Waals surface area contributed by atoms with Crippen LogP contribution in [0.4, 0.5) is 0 Å². The third kappa shape index (κ3) is 4.34. The van der Waals surface area contributed by atoms with Crippen LogP contribution in [-0.2, 0) is 6.54 Å². The van der Waals surface area contributed by atoms with Crippen molar-refractivity contribution in [3.63, 3.8) is 0 Å². The summed E-state index contributed by atoms with van der Waals surface area (Å²) in [6, 6.07) is 27.8. The molecule has 0 spiro atoms. The van der Waals surface area contributed by atoms with Gasteiger partial charge in [-0.2, -0.15) is 0 Å². The Hall–Kier alpha value is -2.84. The molecule has 3 rings (SSSR count). The molecule has 2 heteroatoms. The first-order valence-corrected chi connectivity index (χ1v) is 8.11. The first kappa shape index (κ1) is 16.0. The van der Waals surface area contributed by atoms with Gasteiger partial charge in [-0.05, 0) is 17.2 Å². The Morgan fingerprint density at radius 3 is 2.12 bits per heavy atom. The molecule has 1 atom stereocenters. The lowest BCUT2D eigenvalue weighted by molar-refractivity contribution is 0.458. The molecule has 0 aliphatic carbocycles. The van der Waals surface area contributed by atoms with Crippen molar-refractivity contribution in [1.29, 1.82) is 0 Å². The van der Waals surface area contributed by atoms with E-state index in [-0.39, 0.29) is 6.04 Å². The lowest BCUT2D eigenvalue weighted by Gasteiger charge is -2.17. The number of hydrogen-bond donors (Lipinski definition) is 2. The molecule has 0 aromatic heterocycles. The second kappa shape index (κ2) is 8.14. The van der Waals surface area contributed by atoms with Crippen LogP contribution in [-0.4, -0.2) is 5.11 Å². The van der Waals surface area contributed by atoms with Gasteiger partial charge in [0.15, 0.2) is 0 Å². The molecule has 2 N–H and O–H groups in total. The fourth-order valence-corrected chi connectivity index (χ4v) is 2.63. The van der Waals surface area contributed by atoms with Gasteiger partial charge in [-0.1, -0.05) is 91.0 Å². The molecule has 0 amide bonds. The molecular formula is C22H21NO. The molecule has 0 radical (unpaired) electrons. The Bertz CT molecular complexity index is 781. The summed E-state index contributed by atoms with van der Waals surface area (Å²) >= 11 is 0. The normalized spacial score (nSPS) is 12.3. The van der Waals surface area contributed by atoms with E-state index in [2.05, 4.69) is 41.7 Å². The molecule has 0 aliphatic heterocycles. The van der Waals surface area contributed by atoms with Crippen molar-refractivity contribution in [2.45, 2.75) is 12.6 Å². The van der Waals surface area contributed by atoms with Gasteiger partial charge in [-0.25, -0.2) is 0 Å². The monoisotopic (exact) mass is 315 g/mol. The fraction of sp³-hybridized carbons (Fsp3) is 0.0909. The smallest absolute Gasteiger partial charge is 0.120 e. The SMILES string of the molecule is Oc1ccccc1C(/C=C/c1ccccc1)NCc1ccccc1. The summed E-state index contributed by atoms with van der Waals surface area (Å²) in [7, 11) is 0. The Balaban J connectivity index is 1.81. The zero-order valence-corrected chi connectivity index (χ0v) is 13.5.